The van der Waals surface area contributed by atoms with E-state index in [2.05, 4.69) is 17.4 Å². The van der Waals surface area contributed by atoms with E-state index in [0.29, 0.717) is 16.7 Å². The molecular weight excluding hydrogens is 290 g/mol. The van der Waals surface area contributed by atoms with Crippen molar-refractivity contribution in [3.05, 3.63) is 59.7 Å². The molecule has 2 nitrogen and oxygen atoms in total. The summed E-state index contributed by atoms with van der Waals surface area (Å²) < 4.78 is 24.6. The van der Waals surface area contributed by atoms with Crippen molar-refractivity contribution >= 4 is 17.4 Å². The molecule has 0 aliphatic heterocycles. The first-order valence-electron chi connectivity index (χ1n) is 6.79. The molecule has 0 saturated heterocycles. The summed E-state index contributed by atoms with van der Waals surface area (Å²) in [5, 5.41) is 3.43. The molecule has 0 bridgehead atoms. The molecule has 0 amide bonds. The molecule has 3 N–H and O–H groups in total. The quantitative estimate of drug-likeness (QED) is 0.813. The molecule has 2 aromatic rings. The highest BCUT2D eigenvalue weighted by atomic mass is 32.2. The second-order valence-corrected chi connectivity index (χ2v) is 6.13. The predicted molar refractivity (Wildman–Crippen MR) is 82.7 cm³/mol. The van der Waals surface area contributed by atoms with Gasteiger partial charge in [-0.2, -0.15) is 8.78 Å². The molecule has 1 aliphatic carbocycles. The van der Waals surface area contributed by atoms with Crippen molar-refractivity contribution < 1.29 is 8.78 Å². The van der Waals surface area contributed by atoms with E-state index in [1.54, 1.807) is 12.1 Å². The molecule has 0 aromatic heterocycles. The molecule has 110 valence electrons. The molecule has 21 heavy (non-hydrogen) atoms. The largest absolute Gasteiger partial charge is 0.378 e. The topological polar surface area (TPSA) is 38.0 Å². The van der Waals surface area contributed by atoms with Gasteiger partial charge in [0.2, 0.25) is 0 Å². The van der Waals surface area contributed by atoms with Crippen molar-refractivity contribution in [3.8, 4) is 0 Å². The van der Waals surface area contributed by atoms with E-state index in [-0.39, 0.29) is 12.1 Å². The Bertz CT molecular complexity index is 616. The molecule has 0 saturated carbocycles. The Labute approximate surface area is 126 Å². The van der Waals surface area contributed by atoms with Crippen LogP contribution in [-0.4, -0.2) is 5.76 Å². The summed E-state index contributed by atoms with van der Waals surface area (Å²) in [5.74, 6) is -2.39. The number of alkyl halides is 2. The summed E-state index contributed by atoms with van der Waals surface area (Å²) in [6, 6.07) is 15.4. The first-order valence-corrected chi connectivity index (χ1v) is 7.67. The third kappa shape index (κ3) is 3.19. The summed E-state index contributed by atoms with van der Waals surface area (Å²) in [6.45, 7) is 0. The van der Waals surface area contributed by atoms with Crippen molar-refractivity contribution in [2.24, 2.45) is 5.73 Å². The van der Waals surface area contributed by atoms with Crippen LogP contribution in [0.4, 0.5) is 14.5 Å². The smallest absolute Gasteiger partial charge is 0.288 e. The monoisotopic (exact) mass is 306 g/mol. The number of rotatable bonds is 4. The Kier molecular flexibility index (Phi) is 4.12. The maximum Gasteiger partial charge on any atom is 0.288 e. The summed E-state index contributed by atoms with van der Waals surface area (Å²) >= 11 is 0.558. The first kappa shape index (κ1) is 14.4. The van der Waals surface area contributed by atoms with E-state index in [9.17, 15) is 8.78 Å². The Balaban J connectivity index is 1.73. The highest BCUT2D eigenvalue weighted by Crippen LogP contribution is 2.39. The van der Waals surface area contributed by atoms with Gasteiger partial charge in [0.15, 0.2) is 0 Å². The molecule has 2 aromatic carbocycles. The Morgan fingerprint density at radius 3 is 2.38 bits per heavy atom. The van der Waals surface area contributed by atoms with E-state index in [1.165, 1.54) is 11.1 Å². The number of halogens is 2. The van der Waals surface area contributed by atoms with Crippen molar-refractivity contribution in [1.82, 2.24) is 0 Å². The standard InChI is InChI=1S/C16H16F2N2S/c17-16(18)21-11-7-5-10(6-8-11)20-15-9-14(19)12-3-1-2-4-13(12)15/h1-8,14-16,20H,9,19H2. The number of hydrogen-bond donors (Lipinski definition) is 2. The third-order valence-corrected chi connectivity index (χ3v) is 4.40. The molecule has 0 spiro atoms. The van der Waals surface area contributed by atoms with E-state index < -0.39 is 5.76 Å². The minimum atomic E-state index is -2.39. The minimum absolute atomic E-state index is 0.0485. The van der Waals surface area contributed by atoms with Gasteiger partial charge in [-0.05, 0) is 41.8 Å². The molecule has 0 fully saturated rings. The van der Waals surface area contributed by atoms with Crippen LogP contribution >= 0.6 is 11.8 Å². The lowest BCUT2D eigenvalue weighted by atomic mass is 10.1. The van der Waals surface area contributed by atoms with E-state index in [4.69, 9.17) is 5.73 Å². The van der Waals surface area contributed by atoms with Crippen molar-refractivity contribution in [3.63, 3.8) is 0 Å². The number of nitrogens with one attached hydrogen (secondary N) is 1. The lowest BCUT2D eigenvalue weighted by Gasteiger charge is -2.16. The Morgan fingerprint density at radius 2 is 1.71 bits per heavy atom. The minimum Gasteiger partial charge on any atom is -0.378 e. The number of thioether (sulfide) groups is 1. The van der Waals surface area contributed by atoms with Gasteiger partial charge >= 0.3 is 0 Å². The average molecular weight is 306 g/mol. The fraction of sp³-hybridized carbons (Fsp3) is 0.250. The maximum atomic E-state index is 12.3. The normalized spacial score (nSPS) is 20.6. The van der Waals surface area contributed by atoms with Crippen molar-refractivity contribution in [1.29, 1.82) is 0 Å². The van der Waals surface area contributed by atoms with Gasteiger partial charge in [0.1, 0.15) is 0 Å². The summed E-state index contributed by atoms with van der Waals surface area (Å²) in [6.07, 6.45) is 0.840. The number of hydrogen-bond acceptors (Lipinski definition) is 3. The fourth-order valence-electron chi connectivity index (χ4n) is 2.74. The Hall–Kier alpha value is -1.59. The summed E-state index contributed by atoms with van der Waals surface area (Å²) in [4.78, 5) is 0.569. The fourth-order valence-corrected chi connectivity index (χ4v) is 3.24. The molecule has 3 rings (SSSR count). The third-order valence-electron chi connectivity index (χ3n) is 3.68. The number of fused-ring (bicyclic) bond motifs is 1. The zero-order valence-electron chi connectivity index (χ0n) is 11.3. The lowest BCUT2D eigenvalue weighted by Crippen LogP contribution is -2.09. The van der Waals surface area contributed by atoms with Gasteiger partial charge in [-0.15, -0.1) is 0 Å². The molecular formula is C16H16F2N2S. The van der Waals surface area contributed by atoms with Crippen LogP contribution in [0.3, 0.4) is 0 Å². The van der Waals surface area contributed by atoms with Crippen molar-refractivity contribution in [2.45, 2.75) is 29.2 Å². The van der Waals surface area contributed by atoms with Gasteiger partial charge in [-0.25, -0.2) is 0 Å². The van der Waals surface area contributed by atoms with Crippen LogP contribution in [0.1, 0.15) is 29.6 Å². The second kappa shape index (κ2) is 6.03. The van der Waals surface area contributed by atoms with Gasteiger partial charge in [0.05, 0.1) is 6.04 Å². The van der Waals surface area contributed by atoms with Crippen LogP contribution in [0.25, 0.3) is 0 Å². The molecule has 2 atom stereocenters. The van der Waals surface area contributed by atoms with E-state index in [0.717, 1.165) is 12.1 Å². The van der Waals surface area contributed by atoms with Crippen LogP contribution < -0.4 is 11.1 Å². The van der Waals surface area contributed by atoms with Gasteiger partial charge in [0, 0.05) is 16.6 Å². The first-order chi connectivity index (χ1) is 10.1. The van der Waals surface area contributed by atoms with Gasteiger partial charge in [-0.3, -0.25) is 0 Å². The number of nitrogens with two attached hydrogens (primary N) is 1. The Morgan fingerprint density at radius 1 is 1.05 bits per heavy atom. The lowest BCUT2D eigenvalue weighted by molar-refractivity contribution is 0.252. The number of benzene rings is 2. The highest BCUT2D eigenvalue weighted by Gasteiger charge is 2.27. The maximum absolute atomic E-state index is 12.3. The van der Waals surface area contributed by atoms with E-state index >= 15 is 0 Å². The molecule has 0 radical (unpaired) electrons. The van der Waals surface area contributed by atoms with Gasteiger partial charge < -0.3 is 11.1 Å². The zero-order valence-corrected chi connectivity index (χ0v) is 12.1. The van der Waals surface area contributed by atoms with Crippen LogP contribution in [0, 0.1) is 0 Å². The van der Waals surface area contributed by atoms with E-state index in [1.807, 2.05) is 24.3 Å². The molecule has 2 unspecified atom stereocenters. The molecule has 0 heterocycles. The second-order valence-electron chi connectivity index (χ2n) is 5.07. The summed E-state index contributed by atoms with van der Waals surface area (Å²) in [7, 11) is 0. The average Bonchev–Trinajstić information content (AvgIpc) is 2.78. The molecule has 5 heteroatoms. The molecule has 1 aliphatic rings. The zero-order chi connectivity index (χ0) is 14.8. The van der Waals surface area contributed by atoms with Crippen LogP contribution in [-0.2, 0) is 0 Å². The number of anilines is 1. The van der Waals surface area contributed by atoms with Gasteiger partial charge in [0.25, 0.3) is 5.76 Å². The SMILES string of the molecule is NC1CC(Nc2ccc(SC(F)F)cc2)c2ccccc21. The van der Waals surface area contributed by atoms with Crippen LogP contribution in [0.2, 0.25) is 0 Å². The highest BCUT2D eigenvalue weighted by molar-refractivity contribution is 7.99. The van der Waals surface area contributed by atoms with Crippen molar-refractivity contribution in [2.75, 3.05) is 5.32 Å². The van der Waals surface area contributed by atoms with Crippen LogP contribution in [0.15, 0.2) is 53.4 Å². The predicted octanol–water partition coefficient (Wildman–Crippen LogP) is 4.56. The summed E-state index contributed by atoms with van der Waals surface area (Å²) in [5.41, 5.74) is 9.46. The van der Waals surface area contributed by atoms with Crippen LogP contribution in [0.5, 0.6) is 0 Å². The van der Waals surface area contributed by atoms with Gasteiger partial charge in [-0.1, -0.05) is 36.0 Å².